The highest BCUT2D eigenvalue weighted by atomic mass is 32.2. The van der Waals surface area contributed by atoms with Crippen molar-refractivity contribution in [3.05, 3.63) is 41.5 Å². The fourth-order valence-corrected chi connectivity index (χ4v) is 14.9. The Hall–Kier alpha value is -1.54. The Morgan fingerprint density at radius 3 is 2.25 bits per heavy atom. The Labute approximate surface area is 312 Å². The van der Waals surface area contributed by atoms with E-state index in [-0.39, 0.29) is 22.0 Å². The number of allylic oxidation sites excluding steroid dienone is 2. The number of carboxylic acid groups (broad SMARTS) is 1. The molecule has 5 aliphatic carbocycles. The molecule has 0 amide bonds. The zero-order chi connectivity index (χ0) is 37.0. The van der Waals surface area contributed by atoms with Gasteiger partial charge in [0, 0.05) is 61.1 Å². The van der Waals surface area contributed by atoms with Crippen LogP contribution in [0.3, 0.4) is 0 Å². The minimum absolute atomic E-state index is 0.0317. The number of methoxy groups -OCH3 is 1. The molecule has 9 atom stereocenters. The Kier molecular flexibility index (Phi) is 11.2. The van der Waals surface area contributed by atoms with Crippen LogP contribution >= 0.6 is 0 Å². The number of hydrogen-bond donors (Lipinski definition) is 2. The molecule has 6 aliphatic rings. The van der Waals surface area contributed by atoms with Crippen molar-refractivity contribution >= 4 is 22.3 Å². The van der Waals surface area contributed by atoms with Crippen LogP contribution in [-0.2, 0) is 15.5 Å². The highest BCUT2D eigenvalue weighted by Gasteiger charge is 2.67. The van der Waals surface area contributed by atoms with Gasteiger partial charge in [0.1, 0.15) is 0 Å². The van der Waals surface area contributed by atoms with E-state index in [1.54, 1.807) is 12.1 Å². The average Bonchev–Trinajstić information content (AvgIpc) is 3.51. The summed E-state index contributed by atoms with van der Waals surface area (Å²) in [5, 5.41) is 13.8. The van der Waals surface area contributed by atoms with Crippen LogP contribution in [0, 0.1) is 51.8 Å². The molecule has 7 rings (SSSR count). The van der Waals surface area contributed by atoms with E-state index in [1.165, 1.54) is 62.5 Å². The van der Waals surface area contributed by atoms with Gasteiger partial charge in [-0.2, -0.15) is 0 Å². The number of hydrogen-bond acceptors (Lipinski definition) is 5. The second-order valence-electron chi connectivity index (χ2n) is 18.7. The van der Waals surface area contributed by atoms with Crippen molar-refractivity contribution in [1.29, 1.82) is 0 Å². The molecule has 2 N–H and O–H groups in total. The molecule has 286 valence electrons. The standard InChI is InChI=1S/C42H64N2O4S.C2H6/c1-38(2)31(28-8-10-29(11-9-28)37(45)46)14-18-41(6)34(38)17-19-40(5)32-15-20-42(43-22-23-44-24-26-49(47)27-25-44)21-16-33(39(3,4)48-7)36(42)30(32)12-13-35(40)41;1-2/h8-11,14,30,32-36,43H,12-13,15-27H2,1-7H3,(H,45,46);1-2H3/t30?,32?,33?,34?,35?,36-,40?,41?,42?;/m0./s1. The number of aromatic carboxylic acids is 1. The fraction of sp³-hybridized carbons (Fsp3) is 0.795. The van der Waals surface area contributed by atoms with E-state index in [9.17, 15) is 14.1 Å². The number of carboxylic acids is 1. The first-order valence-corrected chi connectivity index (χ1v) is 22.1. The largest absolute Gasteiger partial charge is 0.478 e. The first kappa shape index (κ1) is 39.2. The summed E-state index contributed by atoms with van der Waals surface area (Å²) in [6.45, 7) is 23.1. The number of benzene rings is 1. The van der Waals surface area contributed by atoms with Gasteiger partial charge in [-0.1, -0.05) is 59.8 Å². The third-order valence-corrected chi connectivity index (χ3v) is 17.5. The van der Waals surface area contributed by atoms with Crippen LogP contribution in [0.5, 0.6) is 0 Å². The van der Waals surface area contributed by atoms with Crippen LogP contribution in [-0.4, -0.2) is 76.1 Å². The van der Waals surface area contributed by atoms with Crippen LogP contribution in [0.1, 0.15) is 129 Å². The van der Waals surface area contributed by atoms with Gasteiger partial charge in [-0.3, -0.25) is 4.21 Å². The molecule has 4 saturated carbocycles. The molecule has 1 aromatic rings. The Balaban J connectivity index is 0.00000220. The summed E-state index contributed by atoms with van der Waals surface area (Å²) in [7, 11) is 1.31. The number of nitrogens with zero attached hydrogens (tertiary/aromatic N) is 1. The summed E-state index contributed by atoms with van der Waals surface area (Å²) in [6.07, 6.45) is 14.0. The molecule has 51 heavy (non-hydrogen) atoms. The Morgan fingerprint density at radius 2 is 1.61 bits per heavy atom. The van der Waals surface area contributed by atoms with Crippen LogP contribution < -0.4 is 5.32 Å². The summed E-state index contributed by atoms with van der Waals surface area (Å²) in [5.41, 5.74) is 3.66. The molecule has 1 saturated heterocycles. The van der Waals surface area contributed by atoms with E-state index in [0.717, 1.165) is 55.9 Å². The van der Waals surface area contributed by atoms with Gasteiger partial charge in [-0.25, -0.2) is 4.79 Å². The normalized spacial score (nSPS) is 39.4. The lowest BCUT2D eigenvalue weighted by atomic mass is 9.36. The zero-order valence-corrected chi connectivity index (χ0v) is 34.3. The van der Waals surface area contributed by atoms with E-state index in [0.29, 0.717) is 34.7 Å². The van der Waals surface area contributed by atoms with Gasteiger partial charge in [0.25, 0.3) is 0 Å². The lowest BCUT2D eigenvalue weighted by molar-refractivity contribution is -0.183. The van der Waals surface area contributed by atoms with Gasteiger partial charge in [0.05, 0.1) is 11.2 Å². The van der Waals surface area contributed by atoms with Crippen LogP contribution in [0.4, 0.5) is 0 Å². The van der Waals surface area contributed by atoms with Gasteiger partial charge in [0.15, 0.2) is 0 Å². The molecule has 1 aliphatic heterocycles. The maximum Gasteiger partial charge on any atom is 0.335 e. The van der Waals surface area contributed by atoms with E-state index in [1.807, 2.05) is 33.1 Å². The zero-order valence-electron chi connectivity index (χ0n) is 33.5. The second kappa shape index (κ2) is 14.6. The molecule has 0 spiro atoms. The maximum atomic E-state index is 12.0. The summed E-state index contributed by atoms with van der Waals surface area (Å²) in [4.78, 5) is 14.1. The molecular weight excluding hydrogens is 653 g/mol. The predicted octanol–water partition coefficient (Wildman–Crippen LogP) is 8.93. The number of ether oxygens (including phenoxy) is 1. The van der Waals surface area contributed by atoms with Crippen molar-refractivity contribution in [3.63, 3.8) is 0 Å². The summed E-state index contributed by atoms with van der Waals surface area (Å²) in [5.74, 6) is 4.81. The first-order chi connectivity index (χ1) is 24.2. The molecule has 5 fully saturated rings. The molecule has 0 bridgehead atoms. The lowest BCUT2D eigenvalue weighted by Crippen LogP contribution is -2.65. The van der Waals surface area contributed by atoms with Gasteiger partial charge < -0.3 is 20.1 Å². The topological polar surface area (TPSA) is 78.9 Å². The van der Waals surface area contributed by atoms with Crippen molar-refractivity contribution in [2.24, 2.45) is 51.8 Å². The molecular formula is C44H70N2O4S. The predicted molar refractivity (Wildman–Crippen MR) is 211 cm³/mol. The lowest BCUT2D eigenvalue weighted by Gasteiger charge is -2.69. The average molecular weight is 723 g/mol. The molecule has 0 radical (unpaired) electrons. The van der Waals surface area contributed by atoms with Crippen LogP contribution in [0.15, 0.2) is 30.3 Å². The highest BCUT2D eigenvalue weighted by Crippen LogP contribution is 2.73. The first-order valence-electron chi connectivity index (χ1n) is 20.6. The fourth-order valence-electron chi connectivity index (χ4n) is 13.8. The Morgan fingerprint density at radius 1 is 0.941 bits per heavy atom. The van der Waals surface area contributed by atoms with Gasteiger partial charge in [-0.05, 0) is 147 Å². The van der Waals surface area contributed by atoms with Gasteiger partial charge >= 0.3 is 5.97 Å². The van der Waals surface area contributed by atoms with E-state index in [4.69, 9.17) is 4.74 Å². The van der Waals surface area contributed by atoms with Crippen molar-refractivity contribution in [2.45, 2.75) is 124 Å². The SMILES string of the molecule is CC.COC(C)(C)C1CCC2(NCCN3CCS(=O)CC3)CCC3C(CCC4C3(C)CCC3C(C)(C)C(c5ccc(C(=O)O)cc5)=CCC34C)[C@@H]12. The number of rotatable bonds is 8. The number of carbonyl (C=O) groups is 1. The molecule has 1 heterocycles. The second-order valence-corrected chi connectivity index (χ2v) is 20.4. The van der Waals surface area contributed by atoms with E-state index in [2.05, 4.69) is 57.8 Å². The third kappa shape index (κ3) is 6.65. The Bertz CT molecular complexity index is 1460. The molecule has 8 unspecified atom stereocenters. The highest BCUT2D eigenvalue weighted by molar-refractivity contribution is 7.85. The summed E-state index contributed by atoms with van der Waals surface area (Å²) < 4.78 is 18.3. The van der Waals surface area contributed by atoms with Crippen molar-refractivity contribution in [3.8, 4) is 0 Å². The van der Waals surface area contributed by atoms with Crippen LogP contribution in [0.25, 0.3) is 5.57 Å². The number of nitrogens with one attached hydrogen (secondary N) is 1. The van der Waals surface area contributed by atoms with Crippen molar-refractivity contribution in [2.75, 3.05) is 44.8 Å². The minimum Gasteiger partial charge on any atom is -0.478 e. The minimum atomic E-state index is -0.860. The van der Waals surface area contributed by atoms with E-state index >= 15 is 0 Å². The monoisotopic (exact) mass is 723 g/mol. The smallest absolute Gasteiger partial charge is 0.335 e. The van der Waals surface area contributed by atoms with E-state index < -0.39 is 16.8 Å². The summed E-state index contributed by atoms with van der Waals surface area (Å²) >= 11 is 0. The molecule has 6 nitrogen and oxygen atoms in total. The third-order valence-electron chi connectivity index (χ3n) is 16.2. The van der Waals surface area contributed by atoms with Gasteiger partial charge in [0.2, 0.25) is 0 Å². The molecule has 0 aromatic heterocycles. The maximum absolute atomic E-state index is 12.0. The molecule has 7 heteroatoms. The van der Waals surface area contributed by atoms with Crippen molar-refractivity contribution in [1.82, 2.24) is 10.2 Å². The van der Waals surface area contributed by atoms with Crippen LogP contribution in [0.2, 0.25) is 0 Å². The molecule has 1 aromatic carbocycles. The van der Waals surface area contributed by atoms with Crippen molar-refractivity contribution < 1.29 is 18.8 Å². The number of fused-ring (bicyclic) bond motifs is 7. The van der Waals surface area contributed by atoms with Gasteiger partial charge in [-0.15, -0.1) is 0 Å². The summed E-state index contributed by atoms with van der Waals surface area (Å²) in [6, 6.07) is 7.62. The quantitative estimate of drug-likeness (QED) is 0.279.